The Morgan fingerprint density at radius 2 is 2.12 bits per heavy atom. The van der Waals surface area contributed by atoms with Gasteiger partial charge in [-0.25, -0.2) is 0 Å². The number of aryl methyl sites for hydroxylation is 1. The van der Waals surface area contributed by atoms with Crippen molar-refractivity contribution >= 4 is 21.8 Å². The van der Waals surface area contributed by atoms with Gasteiger partial charge in [0.1, 0.15) is 5.56 Å². The zero-order valence-corrected chi connectivity index (χ0v) is 11.2. The van der Waals surface area contributed by atoms with E-state index in [0.29, 0.717) is 13.0 Å². The van der Waals surface area contributed by atoms with E-state index < -0.39 is 0 Å². The molecule has 0 saturated carbocycles. The Bertz CT molecular complexity index is 454. The summed E-state index contributed by atoms with van der Waals surface area (Å²) in [7, 11) is 1.67. The molecule has 16 heavy (non-hydrogen) atoms. The Morgan fingerprint density at radius 3 is 2.62 bits per heavy atom. The van der Waals surface area contributed by atoms with Crippen LogP contribution in [0.1, 0.15) is 29.9 Å². The Hall–Kier alpha value is -1.10. The molecule has 1 amide bonds. The normalized spacial score (nSPS) is 10.2. The van der Waals surface area contributed by atoms with Gasteiger partial charge in [0.25, 0.3) is 11.5 Å². The van der Waals surface area contributed by atoms with Gasteiger partial charge in [0, 0.05) is 23.8 Å². The van der Waals surface area contributed by atoms with Crippen LogP contribution < -0.4 is 5.56 Å². The Kier molecular flexibility index (Phi) is 4.29. The van der Waals surface area contributed by atoms with Crippen molar-refractivity contribution < 1.29 is 4.79 Å². The summed E-state index contributed by atoms with van der Waals surface area (Å²) in [5.74, 6) is -0.257. The third-order valence-electron chi connectivity index (χ3n) is 2.47. The smallest absolute Gasteiger partial charge is 0.261 e. The maximum absolute atomic E-state index is 11.8. The van der Waals surface area contributed by atoms with Crippen molar-refractivity contribution in [2.45, 2.75) is 20.3 Å². The molecule has 1 aromatic rings. The summed E-state index contributed by atoms with van der Waals surface area (Å²) in [4.78, 5) is 27.7. The number of nitrogens with zero attached hydrogens (tertiary/aromatic N) is 1. The number of halogens is 1. The summed E-state index contributed by atoms with van der Waals surface area (Å²) in [5, 5.41) is 0. The molecule has 0 spiro atoms. The minimum absolute atomic E-state index is 0.174. The van der Waals surface area contributed by atoms with Crippen LogP contribution >= 0.6 is 15.9 Å². The fourth-order valence-electron chi connectivity index (χ4n) is 1.31. The molecular formula is C11H15BrN2O2. The number of rotatable bonds is 3. The van der Waals surface area contributed by atoms with Gasteiger partial charge in [-0.15, -0.1) is 0 Å². The maximum atomic E-state index is 11.8. The van der Waals surface area contributed by atoms with Crippen molar-refractivity contribution in [3.63, 3.8) is 0 Å². The van der Waals surface area contributed by atoms with Crippen LogP contribution in [0.25, 0.3) is 0 Å². The molecule has 0 unspecified atom stereocenters. The first-order chi connectivity index (χ1) is 7.51. The van der Waals surface area contributed by atoms with Crippen molar-refractivity contribution in [3.8, 4) is 0 Å². The molecule has 0 aliphatic carbocycles. The molecule has 0 radical (unpaired) electrons. The van der Waals surface area contributed by atoms with Crippen molar-refractivity contribution in [1.82, 2.24) is 9.88 Å². The summed E-state index contributed by atoms with van der Waals surface area (Å²) in [5.41, 5.74) is 0.652. The molecular weight excluding hydrogens is 272 g/mol. The lowest BCUT2D eigenvalue weighted by atomic mass is 10.2. The number of aromatic amines is 1. The lowest BCUT2D eigenvalue weighted by molar-refractivity contribution is 0.0800. The second-order valence-corrected chi connectivity index (χ2v) is 4.37. The quantitative estimate of drug-likeness (QED) is 0.921. The summed E-state index contributed by atoms with van der Waals surface area (Å²) >= 11 is 3.34. The van der Waals surface area contributed by atoms with Crippen molar-refractivity contribution in [2.24, 2.45) is 0 Å². The molecule has 1 rings (SSSR count). The lowest BCUT2D eigenvalue weighted by Gasteiger charge is -2.14. The van der Waals surface area contributed by atoms with E-state index >= 15 is 0 Å². The third-order valence-corrected chi connectivity index (χ3v) is 3.18. The highest BCUT2D eigenvalue weighted by Gasteiger charge is 2.15. The van der Waals surface area contributed by atoms with E-state index in [1.54, 1.807) is 13.1 Å². The minimum Gasteiger partial charge on any atom is -0.342 e. The third kappa shape index (κ3) is 2.52. The molecule has 5 heteroatoms. The van der Waals surface area contributed by atoms with Gasteiger partial charge < -0.3 is 9.88 Å². The van der Waals surface area contributed by atoms with Crippen LogP contribution in [0.4, 0.5) is 0 Å². The van der Waals surface area contributed by atoms with Crippen LogP contribution in [0.3, 0.4) is 0 Å². The van der Waals surface area contributed by atoms with Gasteiger partial charge in [0.05, 0.1) is 0 Å². The summed E-state index contributed by atoms with van der Waals surface area (Å²) in [6, 6.07) is 1.59. The van der Waals surface area contributed by atoms with Crippen LogP contribution in [0, 0.1) is 0 Å². The van der Waals surface area contributed by atoms with E-state index in [4.69, 9.17) is 0 Å². The van der Waals surface area contributed by atoms with Crippen LogP contribution in [-0.4, -0.2) is 29.4 Å². The number of hydrogen-bond donors (Lipinski definition) is 1. The Labute approximate surface area is 103 Å². The first-order valence-electron chi connectivity index (χ1n) is 5.18. The number of amides is 1. The standard InChI is InChI=1S/C11H15BrN2O2/c1-4-9-8(12)6-7(10(15)13-9)11(16)14(3)5-2/h6H,4-5H2,1-3H3,(H,13,15). The number of carbonyl (C=O) groups is 1. The molecule has 88 valence electrons. The van der Waals surface area contributed by atoms with E-state index in [0.717, 1.165) is 10.2 Å². The van der Waals surface area contributed by atoms with Gasteiger partial charge in [-0.1, -0.05) is 6.92 Å². The molecule has 4 nitrogen and oxygen atoms in total. The number of pyridine rings is 1. The summed E-state index contributed by atoms with van der Waals surface area (Å²) < 4.78 is 0.766. The van der Waals surface area contributed by atoms with Gasteiger partial charge in [0.15, 0.2) is 0 Å². The largest absolute Gasteiger partial charge is 0.342 e. The number of H-pyrrole nitrogens is 1. The van der Waals surface area contributed by atoms with E-state index in [2.05, 4.69) is 20.9 Å². The van der Waals surface area contributed by atoms with Crippen molar-refractivity contribution in [1.29, 1.82) is 0 Å². The summed E-state index contributed by atoms with van der Waals surface area (Å²) in [6.07, 6.45) is 0.716. The molecule has 0 aromatic carbocycles. The zero-order valence-electron chi connectivity index (χ0n) is 9.63. The first kappa shape index (κ1) is 13.0. The van der Waals surface area contributed by atoms with E-state index in [9.17, 15) is 9.59 Å². The van der Waals surface area contributed by atoms with Crippen LogP contribution in [-0.2, 0) is 6.42 Å². The lowest BCUT2D eigenvalue weighted by Crippen LogP contribution is -2.31. The fourth-order valence-corrected chi connectivity index (χ4v) is 1.92. The molecule has 1 N–H and O–H groups in total. The van der Waals surface area contributed by atoms with E-state index in [1.807, 2.05) is 13.8 Å². The highest BCUT2D eigenvalue weighted by atomic mass is 79.9. The monoisotopic (exact) mass is 286 g/mol. The highest BCUT2D eigenvalue weighted by molar-refractivity contribution is 9.10. The molecule has 0 aliphatic heterocycles. The van der Waals surface area contributed by atoms with Crippen molar-refractivity contribution in [3.05, 3.63) is 32.2 Å². The number of aromatic nitrogens is 1. The molecule has 0 aliphatic rings. The van der Waals surface area contributed by atoms with Gasteiger partial charge in [0.2, 0.25) is 0 Å². The van der Waals surface area contributed by atoms with Gasteiger partial charge in [-0.3, -0.25) is 9.59 Å². The summed E-state index contributed by atoms with van der Waals surface area (Å²) in [6.45, 7) is 4.38. The average molecular weight is 287 g/mol. The Balaban J connectivity index is 3.21. The predicted molar refractivity (Wildman–Crippen MR) is 66.8 cm³/mol. The first-order valence-corrected chi connectivity index (χ1v) is 5.97. The zero-order chi connectivity index (χ0) is 12.3. The second-order valence-electron chi connectivity index (χ2n) is 3.51. The van der Waals surface area contributed by atoms with Gasteiger partial charge >= 0.3 is 0 Å². The molecule has 0 bridgehead atoms. The minimum atomic E-state index is -0.328. The Morgan fingerprint density at radius 1 is 1.50 bits per heavy atom. The topological polar surface area (TPSA) is 53.2 Å². The molecule has 1 aromatic heterocycles. The molecule has 0 fully saturated rings. The number of hydrogen-bond acceptors (Lipinski definition) is 2. The number of carbonyl (C=O) groups excluding carboxylic acids is 1. The predicted octanol–water partition coefficient (Wildman–Crippen LogP) is 1.79. The average Bonchev–Trinajstić information content (AvgIpc) is 2.29. The SMILES string of the molecule is CCc1[nH]c(=O)c(C(=O)N(C)CC)cc1Br. The van der Waals surface area contributed by atoms with Crippen LogP contribution in [0.2, 0.25) is 0 Å². The van der Waals surface area contributed by atoms with E-state index in [1.165, 1.54) is 4.90 Å². The van der Waals surface area contributed by atoms with Crippen LogP contribution in [0.5, 0.6) is 0 Å². The molecule has 0 saturated heterocycles. The van der Waals surface area contributed by atoms with Gasteiger partial charge in [-0.05, 0) is 35.3 Å². The second kappa shape index (κ2) is 5.30. The van der Waals surface area contributed by atoms with Crippen molar-refractivity contribution in [2.75, 3.05) is 13.6 Å². The van der Waals surface area contributed by atoms with Gasteiger partial charge in [-0.2, -0.15) is 0 Å². The highest BCUT2D eigenvalue weighted by Crippen LogP contribution is 2.15. The number of nitrogens with one attached hydrogen (secondary N) is 1. The van der Waals surface area contributed by atoms with E-state index in [-0.39, 0.29) is 17.0 Å². The molecule has 0 atom stereocenters. The fraction of sp³-hybridized carbons (Fsp3) is 0.455. The van der Waals surface area contributed by atoms with Crippen LogP contribution in [0.15, 0.2) is 15.3 Å². The maximum Gasteiger partial charge on any atom is 0.261 e. The molecule has 1 heterocycles.